The van der Waals surface area contributed by atoms with Gasteiger partial charge in [0.2, 0.25) is 5.95 Å². The number of ether oxygens (including phenoxy) is 1. The second-order valence-corrected chi connectivity index (χ2v) is 7.19. The van der Waals surface area contributed by atoms with E-state index in [0.29, 0.717) is 6.42 Å². The number of allylic oxidation sites excluding steroid dienone is 2. The number of fused-ring (bicyclic) bond motifs is 1. The fraction of sp³-hybridized carbons (Fsp3) is 0.500. The lowest BCUT2D eigenvalue weighted by molar-refractivity contribution is -0.0511. The van der Waals surface area contributed by atoms with E-state index in [4.69, 9.17) is 10.5 Å². The Kier molecular flexibility index (Phi) is 5.00. The zero-order chi connectivity index (χ0) is 20.8. The van der Waals surface area contributed by atoms with Crippen LogP contribution < -0.4 is 11.1 Å². The molecule has 2 aromatic heterocycles. The van der Waals surface area contributed by atoms with Crippen LogP contribution >= 0.6 is 0 Å². The summed E-state index contributed by atoms with van der Waals surface area (Å²) in [5, 5.41) is 43.6. The van der Waals surface area contributed by atoms with Gasteiger partial charge in [0.05, 0.1) is 12.9 Å². The second kappa shape index (κ2) is 7.35. The number of hydrogen-bond donors (Lipinski definition) is 6. The summed E-state index contributed by atoms with van der Waals surface area (Å²) in [6.07, 6.45) is 4.64. The minimum absolute atomic E-state index is 0.0735. The number of rotatable bonds is 5. The molecule has 156 valence electrons. The molecule has 0 aromatic carbocycles. The molecule has 0 bridgehead atoms. The molecule has 1 saturated heterocycles. The number of aliphatic hydroxyl groups excluding tert-OH is 3. The molecule has 3 heterocycles. The van der Waals surface area contributed by atoms with Gasteiger partial charge in [-0.1, -0.05) is 25.2 Å². The molecule has 1 aliphatic heterocycles. The van der Waals surface area contributed by atoms with Crippen LogP contribution in [0.15, 0.2) is 30.6 Å². The number of aromatic nitrogens is 4. The summed E-state index contributed by atoms with van der Waals surface area (Å²) in [4.78, 5) is 12.8. The summed E-state index contributed by atoms with van der Waals surface area (Å²) >= 11 is 0. The highest BCUT2D eigenvalue weighted by molar-refractivity contribution is 5.83. The van der Waals surface area contributed by atoms with Gasteiger partial charge in [-0.25, -0.2) is 4.98 Å². The van der Waals surface area contributed by atoms with Crippen molar-refractivity contribution in [2.75, 3.05) is 17.7 Å². The van der Waals surface area contributed by atoms with Gasteiger partial charge in [0.1, 0.15) is 23.8 Å². The summed E-state index contributed by atoms with van der Waals surface area (Å²) in [5.41, 5.74) is 5.17. The molecule has 2 aliphatic rings. The number of nitrogens with one attached hydrogen (secondary N) is 1. The molecular formula is C18H24N6O5. The molecule has 29 heavy (non-hydrogen) atoms. The SMILES string of the molecule is CCC1C=CC=CC1(O)Nc1nc(N)c2ncn([C@@H]3O[C@H](CO)[C@@H](O)[C@H]3O)c2n1. The summed E-state index contributed by atoms with van der Waals surface area (Å²) < 4.78 is 6.97. The van der Waals surface area contributed by atoms with Gasteiger partial charge in [-0.05, 0) is 12.5 Å². The Balaban J connectivity index is 1.71. The number of hydrogen-bond acceptors (Lipinski definition) is 10. The number of anilines is 2. The van der Waals surface area contributed by atoms with E-state index in [1.165, 1.54) is 10.9 Å². The van der Waals surface area contributed by atoms with Crippen LogP contribution in [0.25, 0.3) is 11.2 Å². The highest BCUT2D eigenvalue weighted by Crippen LogP contribution is 2.33. The van der Waals surface area contributed by atoms with E-state index in [2.05, 4.69) is 20.3 Å². The molecule has 1 fully saturated rings. The molecule has 0 amide bonds. The molecule has 7 N–H and O–H groups in total. The van der Waals surface area contributed by atoms with Crippen molar-refractivity contribution in [3.05, 3.63) is 30.6 Å². The van der Waals surface area contributed by atoms with E-state index in [0.717, 1.165) is 0 Å². The zero-order valence-corrected chi connectivity index (χ0v) is 15.8. The van der Waals surface area contributed by atoms with Gasteiger partial charge in [0.15, 0.2) is 23.4 Å². The Morgan fingerprint density at radius 3 is 2.76 bits per heavy atom. The summed E-state index contributed by atoms with van der Waals surface area (Å²) in [6.45, 7) is 1.51. The molecule has 1 aliphatic carbocycles. The van der Waals surface area contributed by atoms with Crippen LogP contribution in [-0.2, 0) is 4.74 Å². The maximum Gasteiger partial charge on any atom is 0.229 e. The van der Waals surface area contributed by atoms with Crippen LogP contribution in [0.5, 0.6) is 0 Å². The third-order valence-electron chi connectivity index (χ3n) is 5.36. The Hall–Kier alpha value is -2.57. The fourth-order valence-electron chi connectivity index (χ4n) is 3.72. The number of nitrogens with two attached hydrogens (primary N) is 1. The minimum Gasteiger partial charge on any atom is -0.394 e. The first-order chi connectivity index (χ1) is 13.9. The third kappa shape index (κ3) is 3.26. The van der Waals surface area contributed by atoms with Crippen molar-refractivity contribution in [1.29, 1.82) is 0 Å². The van der Waals surface area contributed by atoms with Crippen molar-refractivity contribution < 1.29 is 25.2 Å². The predicted octanol–water partition coefficient (Wildman–Crippen LogP) is -0.727. The lowest BCUT2D eigenvalue weighted by atomic mass is 9.89. The van der Waals surface area contributed by atoms with E-state index in [-0.39, 0.29) is 28.8 Å². The normalized spacial score (nSPS) is 34.2. The Morgan fingerprint density at radius 1 is 1.28 bits per heavy atom. The van der Waals surface area contributed by atoms with Gasteiger partial charge in [-0.15, -0.1) is 0 Å². The molecule has 0 radical (unpaired) electrons. The van der Waals surface area contributed by atoms with Crippen LogP contribution in [0.3, 0.4) is 0 Å². The van der Waals surface area contributed by atoms with Gasteiger partial charge < -0.3 is 36.2 Å². The molecule has 4 rings (SSSR count). The highest BCUT2D eigenvalue weighted by Gasteiger charge is 2.44. The monoisotopic (exact) mass is 404 g/mol. The molecule has 2 unspecified atom stereocenters. The number of nitrogens with zero attached hydrogens (tertiary/aromatic N) is 4. The van der Waals surface area contributed by atoms with Gasteiger partial charge >= 0.3 is 0 Å². The Morgan fingerprint density at radius 2 is 2.07 bits per heavy atom. The van der Waals surface area contributed by atoms with Crippen molar-refractivity contribution in [3.8, 4) is 0 Å². The van der Waals surface area contributed by atoms with Gasteiger partial charge in [0, 0.05) is 5.92 Å². The molecular weight excluding hydrogens is 380 g/mol. The summed E-state index contributed by atoms with van der Waals surface area (Å²) in [7, 11) is 0. The summed E-state index contributed by atoms with van der Waals surface area (Å²) in [6, 6.07) is 0. The van der Waals surface area contributed by atoms with Crippen molar-refractivity contribution in [2.45, 2.75) is 43.6 Å². The quantitative estimate of drug-likeness (QED) is 0.349. The van der Waals surface area contributed by atoms with Crippen LogP contribution in [0.2, 0.25) is 0 Å². The third-order valence-corrected chi connectivity index (χ3v) is 5.36. The van der Waals surface area contributed by atoms with E-state index in [9.17, 15) is 20.4 Å². The molecule has 2 aromatic rings. The lowest BCUT2D eigenvalue weighted by Crippen LogP contribution is -2.44. The average Bonchev–Trinajstić information content (AvgIpc) is 3.23. The van der Waals surface area contributed by atoms with Crippen LogP contribution in [0.1, 0.15) is 19.6 Å². The first-order valence-corrected chi connectivity index (χ1v) is 9.37. The van der Waals surface area contributed by atoms with Gasteiger partial charge in [-0.2, -0.15) is 9.97 Å². The maximum atomic E-state index is 11.0. The largest absolute Gasteiger partial charge is 0.394 e. The first-order valence-electron chi connectivity index (χ1n) is 9.37. The van der Waals surface area contributed by atoms with E-state index in [1.54, 1.807) is 12.2 Å². The van der Waals surface area contributed by atoms with Gasteiger partial charge in [-0.3, -0.25) is 4.57 Å². The molecule has 0 saturated carbocycles. The van der Waals surface area contributed by atoms with Crippen molar-refractivity contribution in [1.82, 2.24) is 19.5 Å². The molecule has 0 spiro atoms. The fourth-order valence-corrected chi connectivity index (χ4v) is 3.72. The highest BCUT2D eigenvalue weighted by atomic mass is 16.6. The topological polar surface area (TPSA) is 172 Å². The smallest absolute Gasteiger partial charge is 0.229 e. The zero-order valence-electron chi connectivity index (χ0n) is 15.8. The standard InChI is InChI=1S/C18H24N6O5/c1-2-9-5-3-4-6-18(9,28)23-17-21-14(19)11-15(22-17)24(8-20-11)16-13(27)12(26)10(7-25)29-16/h3-6,8-10,12-13,16,25-28H,2,7H2,1H3,(H3,19,21,22,23)/t9?,10-,12-,13-,16-,18?/m1/s1. The predicted molar refractivity (Wildman–Crippen MR) is 103 cm³/mol. The lowest BCUT2D eigenvalue weighted by Gasteiger charge is -2.33. The number of imidazole rings is 1. The van der Waals surface area contributed by atoms with E-state index in [1.807, 2.05) is 19.1 Å². The summed E-state index contributed by atoms with van der Waals surface area (Å²) in [5.74, 6) is -0.0438. The van der Waals surface area contributed by atoms with Gasteiger partial charge in [0.25, 0.3) is 0 Å². The minimum atomic E-state index is -1.39. The van der Waals surface area contributed by atoms with Crippen molar-refractivity contribution in [3.63, 3.8) is 0 Å². The van der Waals surface area contributed by atoms with Crippen molar-refractivity contribution in [2.24, 2.45) is 5.92 Å². The van der Waals surface area contributed by atoms with E-state index < -0.39 is 36.9 Å². The number of nitrogen functional groups attached to an aromatic ring is 1. The number of aliphatic hydroxyl groups is 4. The van der Waals surface area contributed by atoms with Crippen LogP contribution in [0.4, 0.5) is 11.8 Å². The molecule has 11 nitrogen and oxygen atoms in total. The Bertz CT molecular complexity index is 962. The first kappa shape index (κ1) is 19.7. The maximum absolute atomic E-state index is 11.0. The van der Waals surface area contributed by atoms with E-state index >= 15 is 0 Å². The average molecular weight is 404 g/mol. The van der Waals surface area contributed by atoms with Crippen LogP contribution in [-0.4, -0.2) is 70.6 Å². The van der Waals surface area contributed by atoms with Crippen LogP contribution in [0, 0.1) is 5.92 Å². The molecule has 11 heteroatoms. The molecule has 6 atom stereocenters. The Labute approximate surface area is 166 Å². The van der Waals surface area contributed by atoms with Crippen molar-refractivity contribution >= 4 is 22.9 Å². The second-order valence-electron chi connectivity index (χ2n) is 7.19.